The fourth-order valence-electron chi connectivity index (χ4n) is 3.22. The van der Waals surface area contributed by atoms with Gasteiger partial charge in [0.1, 0.15) is 5.76 Å². The number of hydrogen-bond acceptors (Lipinski definition) is 5. The molecular formula is C15H25N3O4S. The third kappa shape index (κ3) is 3.95. The van der Waals surface area contributed by atoms with E-state index in [2.05, 4.69) is 4.90 Å². The second kappa shape index (κ2) is 6.90. The van der Waals surface area contributed by atoms with Gasteiger partial charge in [-0.15, -0.1) is 0 Å². The Balaban J connectivity index is 1.57. The average Bonchev–Trinajstić information content (AvgIpc) is 3.00. The number of piperazine rings is 1. The zero-order chi connectivity index (χ0) is 16.4. The lowest BCUT2D eigenvalue weighted by Crippen LogP contribution is -2.56. The van der Waals surface area contributed by atoms with Crippen LogP contribution in [0.15, 0.2) is 22.8 Å². The normalized spacial score (nSPS) is 29.0. The molecule has 1 aromatic heterocycles. The maximum absolute atomic E-state index is 12.8. The summed E-state index contributed by atoms with van der Waals surface area (Å²) in [4.78, 5) is 2.22. The van der Waals surface area contributed by atoms with Gasteiger partial charge in [0.05, 0.1) is 25.0 Å². The van der Waals surface area contributed by atoms with E-state index in [9.17, 15) is 8.42 Å². The van der Waals surface area contributed by atoms with Gasteiger partial charge in [-0.05, 0) is 26.0 Å². The minimum absolute atomic E-state index is 0.0613. The number of morpholine rings is 1. The van der Waals surface area contributed by atoms with Crippen LogP contribution < -0.4 is 0 Å². The van der Waals surface area contributed by atoms with Gasteiger partial charge in [0.25, 0.3) is 10.2 Å². The van der Waals surface area contributed by atoms with Crippen LogP contribution in [0.5, 0.6) is 0 Å². The molecule has 0 N–H and O–H groups in total. The molecule has 2 unspecified atom stereocenters. The highest BCUT2D eigenvalue weighted by Crippen LogP contribution is 2.19. The maximum atomic E-state index is 12.8. The summed E-state index contributed by atoms with van der Waals surface area (Å²) >= 11 is 0. The molecule has 0 bridgehead atoms. The van der Waals surface area contributed by atoms with Crippen LogP contribution in [0.1, 0.15) is 19.6 Å². The Kier molecular flexibility index (Phi) is 5.07. The molecular weight excluding hydrogens is 318 g/mol. The quantitative estimate of drug-likeness (QED) is 0.807. The molecule has 0 saturated carbocycles. The van der Waals surface area contributed by atoms with Crippen LogP contribution in [0, 0.1) is 0 Å². The molecule has 3 rings (SSSR count). The van der Waals surface area contributed by atoms with Gasteiger partial charge in [-0.2, -0.15) is 17.0 Å². The van der Waals surface area contributed by atoms with Crippen LogP contribution in [0.2, 0.25) is 0 Å². The van der Waals surface area contributed by atoms with Crippen molar-refractivity contribution in [3.63, 3.8) is 0 Å². The molecule has 8 heteroatoms. The highest BCUT2D eigenvalue weighted by Gasteiger charge is 2.36. The van der Waals surface area contributed by atoms with Gasteiger partial charge >= 0.3 is 0 Å². The van der Waals surface area contributed by atoms with E-state index in [1.165, 1.54) is 0 Å². The molecule has 2 aliphatic heterocycles. The monoisotopic (exact) mass is 343 g/mol. The highest BCUT2D eigenvalue weighted by molar-refractivity contribution is 7.86. The molecule has 7 nitrogen and oxygen atoms in total. The molecule has 23 heavy (non-hydrogen) atoms. The maximum Gasteiger partial charge on any atom is 0.282 e. The van der Waals surface area contributed by atoms with Crippen molar-refractivity contribution in [2.75, 3.05) is 39.3 Å². The third-order valence-corrected chi connectivity index (χ3v) is 6.30. The number of hydrogen-bond donors (Lipinski definition) is 0. The lowest BCUT2D eigenvalue weighted by Gasteiger charge is -2.40. The van der Waals surface area contributed by atoms with E-state index in [1.807, 2.05) is 26.0 Å². The van der Waals surface area contributed by atoms with E-state index in [0.29, 0.717) is 26.2 Å². The van der Waals surface area contributed by atoms with Crippen LogP contribution in [0.4, 0.5) is 0 Å². The first-order valence-electron chi connectivity index (χ1n) is 8.10. The SMILES string of the molecule is CC1CN(S(=O)(=O)N2CCN(Cc3ccco3)CC2)CC(C)O1. The predicted octanol–water partition coefficient (Wildman–Crippen LogP) is 0.751. The van der Waals surface area contributed by atoms with Gasteiger partial charge in [-0.3, -0.25) is 4.90 Å². The summed E-state index contributed by atoms with van der Waals surface area (Å²) in [5, 5.41) is 0. The average molecular weight is 343 g/mol. The van der Waals surface area contributed by atoms with Gasteiger partial charge in [0.2, 0.25) is 0 Å². The van der Waals surface area contributed by atoms with Crippen LogP contribution >= 0.6 is 0 Å². The molecule has 0 spiro atoms. The number of nitrogens with zero attached hydrogens (tertiary/aromatic N) is 3. The minimum atomic E-state index is -3.40. The van der Waals surface area contributed by atoms with Crippen LogP contribution in [0.25, 0.3) is 0 Å². The summed E-state index contributed by atoms with van der Waals surface area (Å²) in [6, 6.07) is 3.82. The zero-order valence-corrected chi connectivity index (χ0v) is 14.5. The lowest BCUT2D eigenvalue weighted by molar-refractivity contribution is -0.0457. The lowest BCUT2D eigenvalue weighted by atomic mass is 10.3. The van der Waals surface area contributed by atoms with E-state index in [-0.39, 0.29) is 12.2 Å². The Morgan fingerprint density at radius 1 is 1.09 bits per heavy atom. The van der Waals surface area contributed by atoms with Crippen molar-refractivity contribution >= 4 is 10.2 Å². The van der Waals surface area contributed by atoms with Crippen molar-refractivity contribution in [3.8, 4) is 0 Å². The van der Waals surface area contributed by atoms with E-state index in [0.717, 1.165) is 25.4 Å². The first-order valence-corrected chi connectivity index (χ1v) is 9.50. The van der Waals surface area contributed by atoms with Crippen LogP contribution in [-0.2, 0) is 21.5 Å². The molecule has 2 fully saturated rings. The summed E-state index contributed by atoms with van der Waals surface area (Å²) in [6.07, 6.45) is 1.54. The van der Waals surface area contributed by atoms with Crippen molar-refractivity contribution in [3.05, 3.63) is 24.2 Å². The van der Waals surface area contributed by atoms with E-state index >= 15 is 0 Å². The summed E-state index contributed by atoms with van der Waals surface area (Å²) in [5.74, 6) is 0.914. The van der Waals surface area contributed by atoms with Crippen molar-refractivity contribution in [2.45, 2.75) is 32.6 Å². The molecule has 0 radical (unpaired) electrons. The van der Waals surface area contributed by atoms with Crippen molar-refractivity contribution < 1.29 is 17.6 Å². The summed E-state index contributed by atoms with van der Waals surface area (Å²) in [5.41, 5.74) is 0. The first kappa shape index (κ1) is 16.9. The molecule has 2 atom stereocenters. The molecule has 130 valence electrons. The minimum Gasteiger partial charge on any atom is -0.468 e. The molecule has 2 aliphatic rings. The number of furan rings is 1. The Labute approximate surface area is 138 Å². The summed E-state index contributed by atoms with van der Waals surface area (Å²) in [7, 11) is -3.40. The van der Waals surface area contributed by atoms with Gasteiger partial charge in [-0.1, -0.05) is 0 Å². The molecule has 3 heterocycles. The summed E-state index contributed by atoms with van der Waals surface area (Å²) < 4.78 is 39.8. The van der Waals surface area contributed by atoms with Crippen LogP contribution in [-0.4, -0.2) is 73.4 Å². The number of ether oxygens (including phenoxy) is 1. The third-order valence-electron chi connectivity index (χ3n) is 4.33. The second-order valence-electron chi connectivity index (χ2n) is 6.34. The van der Waals surface area contributed by atoms with Crippen molar-refractivity contribution in [1.82, 2.24) is 13.5 Å². The van der Waals surface area contributed by atoms with Crippen molar-refractivity contribution in [2.24, 2.45) is 0 Å². The first-order chi connectivity index (χ1) is 10.9. The summed E-state index contributed by atoms with van der Waals surface area (Å²) in [6.45, 7) is 7.89. The van der Waals surface area contributed by atoms with Gasteiger partial charge in [0, 0.05) is 39.3 Å². The van der Waals surface area contributed by atoms with Gasteiger partial charge in [0.15, 0.2) is 0 Å². The smallest absolute Gasteiger partial charge is 0.282 e. The largest absolute Gasteiger partial charge is 0.468 e. The molecule has 2 saturated heterocycles. The Morgan fingerprint density at radius 2 is 1.74 bits per heavy atom. The number of rotatable bonds is 4. The molecule has 1 aromatic rings. The zero-order valence-electron chi connectivity index (χ0n) is 13.7. The second-order valence-corrected chi connectivity index (χ2v) is 8.27. The van der Waals surface area contributed by atoms with E-state index in [1.54, 1.807) is 14.9 Å². The Morgan fingerprint density at radius 3 is 2.30 bits per heavy atom. The Hall–Kier alpha value is -0.930. The standard InChI is InChI=1S/C15H25N3O4S/c1-13-10-18(11-14(2)22-13)23(19,20)17-7-5-16(6-8-17)12-15-4-3-9-21-15/h3-4,9,13-14H,5-8,10-12H2,1-2H3. The van der Waals surface area contributed by atoms with Gasteiger partial charge in [-0.25, -0.2) is 0 Å². The van der Waals surface area contributed by atoms with Gasteiger partial charge < -0.3 is 9.15 Å². The molecule has 0 aromatic carbocycles. The van der Waals surface area contributed by atoms with Crippen LogP contribution in [0.3, 0.4) is 0 Å². The molecule has 0 aliphatic carbocycles. The van der Waals surface area contributed by atoms with E-state index < -0.39 is 10.2 Å². The molecule has 0 amide bonds. The Bertz CT molecular complexity index is 586. The fraction of sp³-hybridized carbons (Fsp3) is 0.733. The van der Waals surface area contributed by atoms with Crippen molar-refractivity contribution in [1.29, 1.82) is 0 Å². The topological polar surface area (TPSA) is 66.2 Å². The highest BCUT2D eigenvalue weighted by atomic mass is 32.2. The van der Waals surface area contributed by atoms with E-state index in [4.69, 9.17) is 9.15 Å². The predicted molar refractivity (Wildman–Crippen MR) is 86.1 cm³/mol. The fourth-order valence-corrected chi connectivity index (χ4v) is 4.97.